The molecule has 1 aliphatic heterocycles. The molecule has 0 unspecified atom stereocenters. The SMILES string of the molecule is O=C(CSC(c1ccccc1)(c1ccccc1)c1ccccc1)N1CCCC1. The molecule has 0 saturated carbocycles. The van der Waals surface area contributed by atoms with Gasteiger partial charge in [-0.3, -0.25) is 4.79 Å². The molecule has 1 fully saturated rings. The Morgan fingerprint density at radius 1 is 0.714 bits per heavy atom. The van der Waals surface area contributed by atoms with Crippen LogP contribution in [-0.2, 0) is 9.54 Å². The monoisotopic (exact) mass is 387 g/mol. The number of nitrogens with zero attached hydrogens (tertiary/aromatic N) is 1. The summed E-state index contributed by atoms with van der Waals surface area (Å²) in [5.41, 5.74) is 3.60. The van der Waals surface area contributed by atoms with Crippen LogP contribution in [0.2, 0.25) is 0 Å². The summed E-state index contributed by atoms with van der Waals surface area (Å²) in [5.74, 6) is 0.716. The Kier molecular flexibility index (Phi) is 5.82. The van der Waals surface area contributed by atoms with E-state index in [1.807, 2.05) is 23.1 Å². The van der Waals surface area contributed by atoms with Gasteiger partial charge in [0.25, 0.3) is 0 Å². The second-order valence-electron chi connectivity index (χ2n) is 7.16. The highest BCUT2D eigenvalue weighted by molar-refractivity contribution is 8.01. The minimum absolute atomic E-state index is 0.245. The number of amides is 1. The van der Waals surface area contributed by atoms with Crippen molar-refractivity contribution >= 4 is 17.7 Å². The summed E-state index contributed by atoms with van der Waals surface area (Å²) in [6, 6.07) is 31.7. The lowest BCUT2D eigenvalue weighted by Crippen LogP contribution is -2.33. The average molecular weight is 388 g/mol. The van der Waals surface area contributed by atoms with Crippen molar-refractivity contribution in [2.45, 2.75) is 17.6 Å². The predicted molar refractivity (Wildman–Crippen MR) is 117 cm³/mol. The van der Waals surface area contributed by atoms with Crippen molar-refractivity contribution in [3.63, 3.8) is 0 Å². The third-order valence-corrected chi connectivity index (χ3v) is 6.94. The average Bonchev–Trinajstić information content (AvgIpc) is 3.31. The van der Waals surface area contributed by atoms with E-state index in [1.54, 1.807) is 11.8 Å². The number of carbonyl (C=O) groups is 1. The van der Waals surface area contributed by atoms with Crippen molar-refractivity contribution < 1.29 is 4.79 Å². The van der Waals surface area contributed by atoms with Crippen LogP contribution >= 0.6 is 11.8 Å². The van der Waals surface area contributed by atoms with Gasteiger partial charge in [-0.15, -0.1) is 11.8 Å². The van der Waals surface area contributed by atoms with E-state index in [4.69, 9.17) is 0 Å². The minimum atomic E-state index is -0.417. The van der Waals surface area contributed by atoms with E-state index < -0.39 is 4.75 Å². The van der Waals surface area contributed by atoms with E-state index in [9.17, 15) is 4.79 Å². The molecule has 1 aliphatic rings. The lowest BCUT2D eigenvalue weighted by Gasteiger charge is -2.35. The molecule has 0 atom stereocenters. The van der Waals surface area contributed by atoms with Crippen LogP contribution in [0, 0.1) is 0 Å². The molecular formula is C25H25NOS. The van der Waals surface area contributed by atoms with Crippen molar-refractivity contribution in [2.75, 3.05) is 18.8 Å². The summed E-state index contributed by atoms with van der Waals surface area (Å²) in [6.07, 6.45) is 2.25. The van der Waals surface area contributed by atoms with Crippen molar-refractivity contribution in [3.05, 3.63) is 108 Å². The number of carbonyl (C=O) groups excluding carboxylic acids is 1. The van der Waals surface area contributed by atoms with Gasteiger partial charge in [-0.1, -0.05) is 91.0 Å². The van der Waals surface area contributed by atoms with E-state index in [-0.39, 0.29) is 5.91 Å². The van der Waals surface area contributed by atoms with Crippen LogP contribution in [0.1, 0.15) is 29.5 Å². The van der Waals surface area contributed by atoms with Crippen LogP contribution in [-0.4, -0.2) is 29.6 Å². The molecule has 2 nitrogen and oxygen atoms in total. The van der Waals surface area contributed by atoms with Gasteiger partial charge in [-0.05, 0) is 29.5 Å². The third kappa shape index (κ3) is 3.72. The summed E-state index contributed by atoms with van der Waals surface area (Å²) in [6.45, 7) is 1.79. The number of likely N-dealkylation sites (tertiary alicyclic amines) is 1. The summed E-state index contributed by atoms with van der Waals surface area (Å²) in [4.78, 5) is 14.9. The quantitative estimate of drug-likeness (QED) is 0.533. The lowest BCUT2D eigenvalue weighted by atomic mass is 9.84. The number of hydrogen-bond acceptors (Lipinski definition) is 2. The molecule has 0 bridgehead atoms. The van der Waals surface area contributed by atoms with Gasteiger partial charge in [0.15, 0.2) is 0 Å². The van der Waals surface area contributed by atoms with Crippen LogP contribution in [0.4, 0.5) is 0 Å². The smallest absolute Gasteiger partial charge is 0.232 e. The summed E-state index contributed by atoms with van der Waals surface area (Å²) in [5, 5.41) is 0. The predicted octanol–water partition coefficient (Wildman–Crippen LogP) is 5.33. The van der Waals surface area contributed by atoms with Gasteiger partial charge in [-0.25, -0.2) is 0 Å². The van der Waals surface area contributed by atoms with Crippen molar-refractivity contribution in [2.24, 2.45) is 0 Å². The second-order valence-corrected chi connectivity index (χ2v) is 8.35. The van der Waals surface area contributed by atoms with Crippen LogP contribution in [0.15, 0.2) is 91.0 Å². The van der Waals surface area contributed by atoms with E-state index in [0.29, 0.717) is 5.75 Å². The molecule has 0 aliphatic carbocycles. The first-order valence-corrected chi connectivity index (χ1v) is 10.9. The molecule has 142 valence electrons. The highest BCUT2D eigenvalue weighted by Gasteiger charge is 2.38. The maximum Gasteiger partial charge on any atom is 0.232 e. The maximum atomic E-state index is 12.9. The molecular weight excluding hydrogens is 362 g/mol. The van der Waals surface area contributed by atoms with Crippen molar-refractivity contribution in [1.82, 2.24) is 4.90 Å². The van der Waals surface area contributed by atoms with Gasteiger partial charge in [-0.2, -0.15) is 0 Å². The first-order valence-electron chi connectivity index (χ1n) is 9.89. The molecule has 1 amide bonds. The molecule has 3 heteroatoms. The van der Waals surface area contributed by atoms with Gasteiger partial charge >= 0.3 is 0 Å². The van der Waals surface area contributed by atoms with Gasteiger partial charge in [0.2, 0.25) is 5.91 Å². The molecule has 28 heavy (non-hydrogen) atoms. The summed E-state index contributed by atoms with van der Waals surface area (Å²) >= 11 is 1.73. The Bertz CT molecular complexity index is 793. The normalized spacial score (nSPS) is 14.2. The summed E-state index contributed by atoms with van der Waals surface area (Å²) in [7, 11) is 0. The largest absolute Gasteiger partial charge is 0.342 e. The third-order valence-electron chi connectivity index (χ3n) is 5.41. The Hall–Kier alpha value is -2.52. The number of rotatable bonds is 6. The highest BCUT2D eigenvalue weighted by atomic mass is 32.2. The molecule has 1 heterocycles. The first-order chi connectivity index (χ1) is 13.8. The van der Waals surface area contributed by atoms with Crippen LogP contribution in [0.25, 0.3) is 0 Å². The van der Waals surface area contributed by atoms with Crippen LogP contribution in [0.3, 0.4) is 0 Å². The van der Waals surface area contributed by atoms with E-state index in [0.717, 1.165) is 25.9 Å². The Morgan fingerprint density at radius 2 is 1.11 bits per heavy atom. The zero-order valence-corrected chi connectivity index (χ0v) is 16.8. The Labute approximate surface area is 171 Å². The minimum Gasteiger partial charge on any atom is -0.342 e. The number of thioether (sulfide) groups is 1. The van der Waals surface area contributed by atoms with Gasteiger partial charge in [0, 0.05) is 13.1 Å². The van der Waals surface area contributed by atoms with Gasteiger partial charge < -0.3 is 4.90 Å². The maximum absolute atomic E-state index is 12.9. The molecule has 4 rings (SSSR count). The first kappa shape index (κ1) is 18.8. The van der Waals surface area contributed by atoms with Gasteiger partial charge in [0.1, 0.15) is 0 Å². The van der Waals surface area contributed by atoms with Gasteiger partial charge in [0.05, 0.1) is 10.5 Å². The molecule has 0 radical (unpaired) electrons. The Balaban J connectivity index is 1.80. The molecule has 1 saturated heterocycles. The zero-order valence-electron chi connectivity index (χ0n) is 16.0. The van der Waals surface area contributed by atoms with Crippen molar-refractivity contribution in [3.8, 4) is 0 Å². The van der Waals surface area contributed by atoms with E-state index in [2.05, 4.69) is 72.8 Å². The molecule has 3 aromatic carbocycles. The van der Waals surface area contributed by atoms with Crippen molar-refractivity contribution in [1.29, 1.82) is 0 Å². The standard InChI is InChI=1S/C25H25NOS/c27-24(26-18-10-11-19-26)20-28-25(21-12-4-1-5-13-21,22-14-6-2-7-15-22)23-16-8-3-9-17-23/h1-9,12-17H,10-11,18-20H2. The van der Waals surface area contributed by atoms with E-state index >= 15 is 0 Å². The molecule has 0 aromatic heterocycles. The Morgan fingerprint density at radius 3 is 1.50 bits per heavy atom. The summed E-state index contributed by atoms with van der Waals surface area (Å²) < 4.78 is -0.417. The fourth-order valence-electron chi connectivity index (χ4n) is 4.00. The second kappa shape index (κ2) is 8.66. The van der Waals surface area contributed by atoms with E-state index in [1.165, 1.54) is 16.7 Å². The number of benzene rings is 3. The van der Waals surface area contributed by atoms with Crippen LogP contribution < -0.4 is 0 Å². The number of hydrogen-bond donors (Lipinski definition) is 0. The lowest BCUT2D eigenvalue weighted by molar-refractivity contribution is -0.127. The van der Waals surface area contributed by atoms with Crippen LogP contribution in [0.5, 0.6) is 0 Å². The molecule has 0 spiro atoms. The fraction of sp³-hybridized carbons (Fsp3) is 0.240. The highest BCUT2D eigenvalue weighted by Crippen LogP contribution is 2.48. The molecule has 0 N–H and O–H groups in total. The zero-order chi connectivity index (χ0) is 19.2. The fourth-order valence-corrected chi connectivity index (χ4v) is 5.43. The molecule has 3 aromatic rings. The topological polar surface area (TPSA) is 20.3 Å².